The molecule has 0 amide bonds. The van der Waals surface area contributed by atoms with Crippen molar-refractivity contribution in [2.24, 2.45) is 5.41 Å². The van der Waals surface area contributed by atoms with Crippen LogP contribution in [0.1, 0.15) is 51.0 Å². The van der Waals surface area contributed by atoms with Crippen molar-refractivity contribution in [1.82, 2.24) is 5.16 Å². The number of nitrogens with two attached hydrogens (primary N) is 1. The molecule has 3 heteroatoms. The van der Waals surface area contributed by atoms with Gasteiger partial charge in [0.05, 0.1) is 0 Å². The summed E-state index contributed by atoms with van der Waals surface area (Å²) in [6, 6.07) is 10.3. The summed E-state index contributed by atoms with van der Waals surface area (Å²) in [6.45, 7) is 4.74. The molecule has 1 heterocycles. The summed E-state index contributed by atoms with van der Waals surface area (Å²) < 4.78 is 5.02. The molecule has 1 saturated carbocycles. The topological polar surface area (TPSA) is 52.0 Å². The summed E-state index contributed by atoms with van der Waals surface area (Å²) in [6.07, 6.45) is 5.06. The maximum atomic E-state index is 5.65. The third kappa shape index (κ3) is 2.58. The molecule has 0 bridgehead atoms. The molecule has 0 spiro atoms. The summed E-state index contributed by atoms with van der Waals surface area (Å²) in [7, 11) is 0. The molecule has 1 fully saturated rings. The van der Waals surface area contributed by atoms with Gasteiger partial charge in [-0.25, -0.2) is 0 Å². The molecule has 3 rings (SSSR count). The molecule has 3 nitrogen and oxygen atoms in total. The summed E-state index contributed by atoms with van der Waals surface area (Å²) in [5.74, 6) is 0.997. The second kappa shape index (κ2) is 4.97. The number of rotatable bonds is 2. The second-order valence-corrected chi connectivity index (χ2v) is 6.64. The van der Waals surface area contributed by atoms with E-state index in [1.807, 2.05) is 6.07 Å². The molecule has 20 heavy (non-hydrogen) atoms. The molecule has 1 aliphatic rings. The van der Waals surface area contributed by atoms with E-state index in [1.54, 1.807) is 0 Å². The summed E-state index contributed by atoms with van der Waals surface area (Å²) >= 11 is 0. The zero-order valence-corrected chi connectivity index (χ0v) is 12.2. The van der Waals surface area contributed by atoms with Crippen molar-refractivity contribution in [3.05, 3.63) is 35.9 Å². The predicted octanol–water partition coefficient (Wildman–Crippen LogP) is 4.61. The highest BCUT2D eigenvalue weighted by Crippen LogP contribution is 2.44. The summed E-state index contributed by atoms with van der Waals surface area (Å²) in [5.41, 5.74) is 9.54. The van der Waals surface area contributed by atoms with Crippen molar-refractivity contribution in [1.29, 1.82) is 0 Å². The van der Waals surface area contributed by atoms with Crippen LogP contribution in [0.15, 0.2) is 34.9 Å². The van der Waals surface area contributed by atoms with E-state index in [4.69, 9.17) is 10.3 Å². The van der Waals surface area contributed by atoms with Crippen LogP contribution in [0.5, 0.6) is 0 Å². The van der Waals surface area contributed by atoms with E-state index < -0.39 is 0 Å². The lowest BCUT2D eigenvalue weighted by Crippen LogP contribution is -2.20. The lowest BCUT2D eigenvalue weighted by Gasteiger charge is -2.35. The molecule has 2 aromatic rings. The Morgan fingerprint density at radius 3 is 2.55 bits per heavy atom. The van der Waals surface area contributed by atoms with E-state index >= 15 is 0 Å². The molecule has 0 radical (unpaired) electrons. The van der Waals surface area contributed by atoms with Gasteiger partial charge in [0.1, 0.15) is 5.69 Å². The van der Waals surface area contributed by atoms with Crippen molar-refractivity contribution >= 4 is 5.88 Å². The van der Waals surface area contributed by atoms with Crippen LogP contribution in [0.4, 0.5) is 5.88 Å². The fourth-order valence-electron chi connectivity index (χ4n) is 3.21. The Morgan fingerprint density at radius 1 is 1.20 bits per heavy atom. The lowest BCUT2D eigenvalue weighted by molar-refractivity contribution is 0.224. The van der Waals surface area contributed by atoms with Crippen molar-refractivity contribution in [2.45, 2.75) is 45.4 Å². The fraction of sp³-hybridized carbons (Fsp3) is 0.471. The molecule has 2 N–H and O–H groups in total. The molecule has 1 aromatic carbocycles. The second-order valence-electron chi connectivity index (χ2n) is 6.64. The average Bonchev–Trinajstić information content (AvgIpc) is 2.85. The van der Waals surface area contributed by atoms with Gasteiger partial charge in [0.2, 0.25) is 5.88 Å². The van der Waals surface area contributed by atoms with Gasteiger partial charge in [-0.1, -0.05) is 43.3 Å². The minimum atomic E-state index is 0.375. The normalized spacial score (nSPS) is 19.1. The molecule has 1 aromatic heterocycles. The number of nitrogen functional groups attached to an aromatic ring is 1. The van der Waals surface area contributed by atoms with Crippen molar-refractivity contribution in [2.75, 3.05) is 5.73 Å². The maximum absolute atomic E-state index is 5.65. The van der Waals surface area contributed by atoms with Crippen LogP contribution in [0.25, 0.3) is 11.3 Å². The van der Waals surface area contributed by atoms with Crippen LogP contribution in [-0.2, 0) is 0 Å². The number of aromatic nitrogens is 1. The first-order valence-electron chi connectivity index (χ1n) is 7.37. The molecule has 0 aliphatic heterocycles. The van der Waals surface area contributed by atoms with Crippen molar-refractivity contribution < 1.29 is 4.52 Å². The van der Waals surface area contributed by atoms with Crippen LogP contribution in [0, 0.1) is 5.41 Å². The number of hydrogen-bond donors (Lipinski definition) is 1. The Balaban J connectivity index is 1.91. The third-order valence-corrected chi connectivity index (χ3v) is 4.54. The Kier molecular flexibility index (Phi) is 3.28. The molecule has 0 saturated heterocycles. The first-order valence-corrected chi connectivity index (χ1v) is 7.37. The minimum Gasteiger partial charge on any atom is -0.368 e. The highest BCUT2D eigenvalue weighted by Gasteiger charge is 2.29. The van der Waals surface area contributed by atoms with E-state index in [0.717, 1.165) is 11.3 Å². The highest BCUT2D eigenvalue weighted by atomic mass is 16.5. The molecule has 0 atom stereocenters. The van der Waals surface area contributed by atoms with Gasteiger partial charge in [-0.15, -0.1) is 0 Å². The van der Waals surface area contributed by atoms with Gasteiger partial charge in [0.15, 0.2) is 0 Å². The van der Waals surface area contributed by atoms with Gasteiger partial charge in [0.25, 0.3) is 0 Å². The number of nitrogens with zero attached hydrogens (tertiary/aromatic N) is 1. The molecule has 0 unspecified atom stereocenters. The fourth-order valence-corrected chi connectivity index (χ4v) is 3.21. The van der Waals surface area contributed by atoms with Crippen LogP contribution in [0.2, 0.25) is 0 Å². The zero-order chi connectivity index (χ0) is 14.2. The van der Waals surface area contributed by atoms with Crippen molar-refractivity contribution in [3.63, 3.8) is 0 Å². The number of anilines is 1. The number of benzene rings is 1. The van der Waals surface area contributed by atoms with Gasteiger partial charge in [0, 0.05) is 11.6 Å². The van der Waals surface area contributed by atoms with E-state index in [0.29, 0.717) is 17.2 Å². The van der Waals surface area contributed by atoms with E-state index in [1.165, 1.54) is 31.2 Å². The first kappa shape index (κ1) is 13.2. The van der Waals surface area contributed by atoms with Crippen LogP contribution >= 0.6 is 0 Å². The maximum Gasteiger partial charge on any atom is 0.222 e. The number of hydrogen-bond acceptors (Lipinski definition) is 3. The van der Waals surface area contributed by atoms with E-state index in [-0.39, 0.29) is 0 Å². The molecule has 106 valence electrons. The van der Waals surface area contributed by atoms with E-state index in [2.05, 4.69) is 43.3 Å². The largest absolute Gasteiger partial charge is 0.368 e. The van der Waals surface area contributed by atoms with Gasteiger partial charge < -0.3 is 10.3 Å². The van der Waals surface area contributed by atoms with Crippen LogP contribution in [-0.4, -0.2) is 5.16 Å². The van der Waals surface area contributed by atoms with E-state index in [9.17, 15) is 0 Å². The van der Waals surface area contributed by atoms with Crippen LogP contribution < -0.4 is 5.73 Å². The minimum absolute atomic E-state index is 0.375. The third-order valence-electron chi connectivity index (χ3n) is 4.54. The van der Waals surface area contributed by atoms with Gasteiger partial charge >= 0.3 is 0 Å². The summed E-state index contributed by atoms with van der Waals surface area (Å²) in [4.78, 5) is 0. The monoisotopic (exact) mass is 270 g/mol. The zero-order valence-electron chi connectivity index (χ0n) is 12.2. The van der Waals surface area contributed by atoms with Gasteiger partial charge in [-0.3, -0.25) is 0 Å². The Bertz CT molecular complexity index is 591. The lowest BCUT2D eigenvalue weighted by atomic mass is 9.70. The molecule has 1 aliphatic carbocycles. The molecular formula is C17H22N2O. The Morgan fingerprint density at radius 2 is 1.90 bits per heavy atom. The smallest absolute Gasteiger partial charge is 0.222 e. The van der Waals surface area contributed by atoms with Gasteiger partial charge in [-0.2, -0.15) is 0 Å². The van der Waals surface area contributed by atoms with Crippen molar-refractivity contribution in [3.8, 4) is 11.3 Å². The SMILES string of the molecule is CC1(C)CCC(c2ccccc2-c2cc(N)on2)CC1. The first-order chi connectivity index (χ1) is 9.55. The standard InChI is InChI=1S/C17H22N2O/c1-17(2)9-7-12(8-10-17)13-5-3-4-6-14(13)15-11-16(18)20-19-15/h3-6,11-12H,7-10,18H2,1-2H3. The average molecular weight is 270 g/mol. The quantitative estimate of drug-likeness (QED) is 0.867. The Labute approximate surface area is 120 Å². The predicted molar refractivity (Wildman–Crippen MR) is 81.3 cm³/mol. The molecular weight excluding hydrogens is 248 g/mol. The van der Waals surface area contributed by atoms with Gasteiger partial charge in [-0.05, 0) is 42.6 Å². The highest BCUT2D eigenvalue weighted by molar-refractivity contribution is 5.66. The summed E-state index contributed by atoms with van der Waals surface area (Å²) in [5, 5.41) is 4.07. The Hall–Kier alpha value is -1.77. The van der Waals surface area contributed by atoms with Crippen LogP contribution in [0.3, 0.4) is 0 Å².